The van der Waals surface area contributed by atoms with E-state index in [1.807, 2.05) is 6.92 Å². The van der Waals surface area contributed by atoms with Crippen LogP contribution in [0.25, 0.3) is 0 Å². The van der Waals surface area contributed by atoms with Crippen molar-refractivity contribution in [3.8, 4) is 0 Å². The molecule has 0 bridgehead atoms. The van der Waals surface area contributed by atoms with Crippen LogP contribution in [0.4, 0.5) is 0 Å². The van der Waals surface area contributed by atoms with E-state index < -0.39 is 10.0 Å². The summed E-state index contributed by atoms with van der Waals surface area (Å²) in [6, 6.07) is 0. The molecule has 0 radical (unpaired) electrons. The number of nitrogens with zero attached hydrogens (tertiary/aromatic N) is 1. The van der Waals surface area contributed by atoms with Gasteiger partial charge in [0.05, 0.1) is 17.0 Å². The van der Waals surface area contributed by atoms with Crippen LogP contribution in [0.2, 0.25) is 0 Å². The zero-order valence-electron chi connectivity index (χ0n) is 6.65. The second kappa shape index (κ2) is 3.51. The van der Waals surface area contributed by atoms with Crippen molar-refractivity contribution in [1.29, 1.82) is 0 Å². The lowest BCUT2D eigenvalue weighted by molar-refractivity contribution is 0.597. The number of thiazole rings is 1. The minimum atomic E-state index is -3.34. The fraction of sp³-hybridized carbons (Fsp3) is 0.500. The molecule has 0 aliphatic heterocycles. The maximum atomic E-state index is 10.6. The van der Waals surface area contributed by atoms with E-state index in [0.29, 0.717) is 6.42 Å². The van der Waals surface area contributed by atoms with Crippen molar-refractivity contribution in [2.75, 3.05) is 5.75 Å². The molecule has 1 heterocycles. The SMILES string of the molecule is Cc1ncsc1CCS(N)(=O)=O. The Balaban J connectivity index is 2.61. The maximum Gasteiger partial charge on any atom is 0.209 e. The van der Waals surface area contributed by atoms with Crippen LogP contribution >= 0.6 is 11.3 Å². The lowest BCUT2D eigenvalue weighted by atomic mass is 10.3. The predicted octanol–water partition coefficient (Wildman–Crippen LogP) is 0.283. The zero-order chi connectivity index (χ0) is 9.19. The highest BCUT2D eigenvalue weighted by molar-refractivity contribution is 7.89. The van der Waals surface area contributed by atoms with Crippen molar-refractivity contribution in [1.82, 2.24) is 4.98 Å². The summed E-state index contributed by atoms with van der Waals surface area (Å²) < 4.78 is 21.2. The highest BCUT2D eigenvalue weighted by atomic mass is 32.2. The van der Waals surface area contributed by atoms with E-state index in [4.69, 9.17) is 5.14 Å². The van der Waals surface area contributed by atoms with Crippen LogP contribution in [0.5, 0.6) is 0 Å². The molecule has 0 aliphatic carbocycles. The number of aryl methyl sites for hydroxylation is 2. The number of primary sulfonamides is 1. The molecule has 4 nitrogen and oxygen atoms in total. The van der Waals surface area contributed by atoms with E-state index in [2.05, 4.69) is 4.98 Å². The van der Waals surface area contributed by atoms with Gasteiger partial charge in [-0.25, -0.2) is 18.5 Å². The Kier molecular flexibility index (Phi) is 2.81. The van der Waals surface area contributed by atoms with Gasteiger partial charge in [-0.1, -0.05) is 0 Å². The number of hydrogen-bond acceptors (Lipinski definition) is 4. The smallest absolute Gasteiger partial charge is 0.209 e. The summed E-state index contributed by atoms with van der Waals surface area (Å²) >= 11 is 1.46. The minimum Gasteiger partial charge on any atom is -0.250 e. The molecule has 0 amide bonds. The third kappa shape index (κ3) is 2.88. The van der Waals surface area contributed by atoms with Crippen molar-refractivity contribution < 1.29 is 8.42 Å². The summed E-state index contributed by atoms with van der Waals surface area (Å²) in [4.78, 5) is 4.99. The van der Waals surface area contributed by atoms with Gasteiger partial charge in [-0.05, 0) is 13.3 Å². The molecule has 0 aromatic carbocycles. The number of rotatable bonds is 3. The summed E-state index contributed by atoms with van der Waals surface area (Å²) in [5, 5.41) is 4.86. The molecule has 0 saturated heterocycles. The van der Waals surface area contributed by atoms with Crippen LogP contribution in [0, 0.1) is 6.92 Å². The molecule has 0 fully saturated rings. The zero-order valence-corrected chi connectivity index (χ0v) is 8.28. The highest BCUT2D eigenvalue weighted by Crippen LogP contribution is 2.12. The van der Waals surface area contributed by atoms with Gasteiger partial charge in [-0.3, -0.25) is 0 Å². The fourth-order valence-corrected chi connectivity index (χ4v) is 2.20. The van der Waals surface area contributed by atoms with Crippen molar-refractivity contribution >= 4 is 21.4 Å². The maximum absolute atomic E-state index is 10.6. The molecular formula is C6H10N2O2S2. The van der Waals surface area contributed by atoms with E-state index in [9.17, 15) is 8.42 Å². The second-order valence-electron chi connectivity index (χ2n) is 2.48. The van der Waals surface area contributed by atoms with Crippen LogP contribution < -0.4 is 5.14 Å². The largest absolute Gasteiger partial charge is 0.250 e. The Morgan fingerprint density at radius 1 is 1.67 bits per heavy atom. The first-order valence-electron chi connectivity index (χ1n) is 3.38. The molecule has 12 heavy (non-hydrogen) atoms. The summed E-state index contributed by atoms with van der Waals surface area (Å²) in [5.74, 6) is -0.00394. The molecule has 68 valence electrons. The molecule has 6 heteroatoms. The number of nitrogens with two attached hydrogens (primary N) is 1. The quantitative estimate of drug-likeness (QED) is 0.772. The molecule has 1 aromatic rings. The third-order valence-electron chi connectivity index (χ3n) is 1.46. The van der Waals surface area contributed by atoms with E-state index in [0.717, 1.165) is 10.6 Å². The molecule has 0 spiro atoms. The molecular weight excluding hydrogens is 196 g/mol. The average Bonchev–Trinajstić information content (AvgIpc) is 2.29. The number of sulfonamides is 1. The van der Waals surface area contributed by atoms with Gasteiger partial charge in [0.25, 0.3) is 0 Å². The van der Waals surface area contributed by atoms with Crippen LogP contribution in [-0.4, -0.2) is 19.2 Å². The topological polar surface area (TPSA) is 73.0 Å². The van der Waals surface area contributed by atoms with Crippen LogP contribution in [0.15, 0.2) is 5.51 Å². The first-order chi connectivity index (χ1) is 5.49. The van der Waals surface area contributed by atoms with Gasteiger partial charge in [-0.15, -0.1) is 11.3 Å². The van der Waals surface area contributed by atoms with Gasteiger partial charge in [0, 0.05) is 4.88 Å². The van der Waals surface area contributed by atoms with E-state index in [1.165, 1.54) is 11.3 Å². The monoisotopic (exact) mass is 206 g/mol. The Hall–Kier alpha value is -0.460. The first-order valence-corrected chi connectivity index (χ1v) is 5.98. The fourth-order valence-electron chi connectivity index (χ4n) is 0.801. The Labute approximate surface area is 75.5 Å². The summed E-state index contributed by atoms with van der Waals surface area (Å²) in [6.07, 6.45) is 0.468. The lowest BCUT2D eigenvalue weighted by Gasteiger charge is -1.95. The Morgan fingerprint density at radius 3 is 2.75 bits per heavy atom. The van der Waals surface area contributed by atoms with Gasteiger partial charge in [-0.2, -0.15) is 0 Å². The van der Waals surface area contributed by atoms with Crippen LogP contribution in [0.3, 0.4) is 0 Å². The van der Waals surface area contributed by atoms with Crippen molar-refractivity contribution in [3.05, 3.63) is 16.1 Å². The Bertz CT molecular complexity index is 355. The average molecular weight is 206 g/mol. The van der Waals surface area contributed by atoms with E-state index >= 15 is 0 Å². The van der Waals surface area contributed by atoms with Gasteiger partial charge < -0.3 is 0 Å². The van der Waals surface area contributed by atoms with E-state index in [1.54, 1.807) is 5.51 Å². The summed E-state index contributed by atoms with van der Waals surface area (Å²) in [7, 11) is -3.34. The minimum absolute atomic E-state index is 0.00394. The molecule has 0 atom stereocenters. The van der Waals surface area contributed by atoms with Crippen molar-refractivity contribution in [2.45, 2.75) is 13.3 Å². The van der Waals surface area contributed by atoms with Crippen LogP contribution in [0.1, 0.15) is 10.6 Å². The molecule has 2 N–H and O–H groups in total. The van der Waals surface area contributed by atoms with Crippen molar-refractivity contribution in [2.24, 2.45) is 5.14 Å². The molecule has 0 aliphatic rings. The van der Waals surface area contributed by atoms with Gasteiger partial charge in [0.2, 0.25) is 10.0 Å². The van der Waals surface area contributed by atoms with Crippen LogP contribution in [-0.2, 0) is 16.4 Å². The second-order valence-corrected chi connectivity index (χ2v) is 5.15. The number of hydrogen-bond donors (Lipinski definition) is 1. The Morgan fingerprint density at radius 2 is 2.33 bits per heavy atom. The molecule has 1 rings (SSSR count). The molecule has 0 unspecified atom stereocenters. The van der Waals surface area contributed by atoms with Gasteiger partial charge in [0.1, 0.15) is 0 Å². The van der Waals surface area contributed by atoms with Crippen molar-refractivity contribution in [3.63, 3.8) is 0 Å². The van der Waals surface area contributed by atoms with Gasteiger partial charge in [0.15, 0.2) is 0 Å². The lowest BCUT2D eigenvalue weighted by Crippen LogP contribution is -2.17. The number of aromatic nitrogens is 1. The predicted molar refractivity (Wildman–Crippen MR) is 48.5 cm³/mol. The molecule has 1 aromatic heterocycles. The molecule has 0 saturated carbocycles. The summed E-state index contributed by atoms with van der Waals surface area (Å²) in [6.45, 7) is 1.86. The summed E-state index contributed by atoms with van der Waals surface area (Å²) in [5.41, 5.74) is 2.59. The van der Waals surface area contributed by atoms with Gasteiger partial charge >= 0.3 is 0 Å². The third-order valence-corrected chi connectivity index (χ3v) is 3.23. The normalized spacial score (nSPS) is 11.8. The standard InChI is InChI=1S/C6H10N2O2S2/c1-5-6(11-4-8-5)2-3-12(7,9)10/h4H,2-3H2,1H3,(H2,7,9,10). The van der Waals surface area contributed by atoms with E-state index in [-0.39, 0.29) is 5.75 Å². The highest BCUT2D eigenvalue weighted by Gasteiger charge is 2.06. The first kappa shape index (κ1) is 9.63.